The maximum absolute atomic E-state index is 12.5. The molecule has 24 heavy (non-hydrogen) atoms. The van der Waals surface area contributed by atoms with E-state index in [9.17, 15) is 4.79 Å². The monoisotopic (exact) mass is 395 g/mol. The molecule has 1 aromatic heterocycles. The van der Waals surface area contributed by atoms with Crippen molar-refractivity contribution in [2.75, 3.05) is 5.32 Å². The second-order valence-electron chi connectivity index (χ2n) is 7.92. The van der Waals surface area contributed by atoms with Crippen molar-refractivity contribution in [1.29, 1.82) is 0 Å². The van der Waals surface area contributed by atoms with Crippen molar-refractivity contribution in [3.8, 4) is 0 Å². The van der Waals surface area contributed by atoms with Crippen molar-refractivity contribution in [2.45, 2.75) is 77.1 Å². The normalized spacial score (nSPS) is 26.4. The molecule has 132 valence electrons. The predicted molar refractivity (Wildman–Crippen MR) is 98.2 cm³/mol. The Morgan fingerprint density at radius 2 is 1.96 bits per heavy atom. The number of carbonyl (C=O) groups excluding carboxylic acids is 1. The number of aryl methyl sites for hydroxylation is 1. The average molecular weight is 396 g/mol. The standard InChI is InChI=1S/C18H26BrN3O2/c1-11-7-13(10-20-16(11)19)21-12-8-14-5-6-15(9-12)22(14)17(23)24-18(2,3)4/h7,10,12,14-15,21H,5-6,8-9H2,1-4H3. The van der Waals surface area contributed by atoms with E-state index in [-0.39, 0.29) is 18.2 Å². The first-order valence-corrected chi connectivity index (χ1v) is 9.42. The van der Waals surface area contributed by atoms with Crippen LogP contribution in [0.3, 0.4) is 0 Å². The van der Waals surface area contributed by atoms with Gasteiger partial charge in [0.2, 0.25) is 0 Å². The second kappa shape index (κ2) is 6.54. The van der Waals surface area contributed by atoms with Crippen molar-refractivity contribution in [1.82, 2.24) is 9.88 Å². The molecule has 2 aliphatic heterocycles. The van der Waals surface area contributed by atoms with E-state index in [0.717, 1.165) is 41.5 Å². The van der Waals surface area contributed by atoms with E-state index in [1.807, 2.05) is 38.8 Å². The molecule has 2 atom stereocenters. The molecule has 3 heterocycles. The van der Waals surface area contributed by atoms with Crippen LogP contribution in [0.15, 0.2) is 16.9 Å². The Bertz CT molecular complexity index is 615. The van der Waals surface area contributed by atoms with E-state index in [4.69, 9.17) is 4.74 Å². The molecule has 0 saturated carbocycles. The zero-order valence-electron chi connectivity index (χ0n) is 14.8. The van der Waals surface area contributed by atoms with Gasteiger partial charge in [0.1, 0.15) is 10.2 Å². The highest BCUT2D eigenvalue weighted by Crippen LogP contribution is 2.37. The minimum absolute atomic E-state index is 0.158. The van der Waals surface area contributed by atoms with Crippen molar-refractivity contribution < 1.29 is 9.53 Å². The third-order valence-corrected chi connectivity index (χ3v) is 5.55. The van der Waals surface area contributed by atoms with E-state index in [0.29, 0.717) is 6.04 Å². The number of carbonyl (C=O) groups is 1. The van der Waals surface area contributed by atoms with E-state index in [2.05, 4.69) is 32.3 Å². The molecule has 2 unspecified atom stereocenters. The van der Waals surface area contributed by atoms with Crippen LogP contribution >= 0.6 is 15.9 Å². The zero-order chi connectivity index (χ0) is 17.5. The van der Waals surface area contributed by atoms with Crippen LogP contribution in [0.2, 0.25) is 0 Å². The lowest BCUT2D eigenvalue weighted by atomic mass is 9.97. The molecule has 0 aliphatic carbocycles. The van der Waals surface area contributed by atoms with Crippen LogP contribution in [0.4, 0.5) is 10.5 Å². The van der Waals surface area contributed by atoms with Gasteiger partial charge in [-0.15, -0.1) is 0 Å². The number of fused-ring (bicyclic) bond motifs is 2. The molecule has 1 amide bonds. The van der Waals surface area contributed by atoms with Gasteiger partial charge in [-0.3, -0.25) is 0 Å². The number of hydrogen-bond donors (Lipinski definition) is 1. The van der Waals surface area contributed by atoms with Crippen LogP contribution in [0, 0.1) is 6.92 Å². The number of piperidine rings is 1. The van der Waals surface area contributed by atoms with Crippen molar-refractivity contribution >= 4 is 27.7 Å². The lowest BCUT2D eigenvalue weighted by Crippen LogP contribution is -2.51. The van der Waals surface area contributed by atoms with Crippen LogP contribution in [0.5, 0.6) is 0 Å². The number of amides is 1. The highest BCUT2D eigenvalue weighted by molar-refractivity contribution is 9.10. The summed E-state index contributed by atoms with van der Waals surface area (Å²) in [4.78, 5) is 18.8. The number of anilines is 1. The lowest BCUT2D eigenvalue weighted by molar-refractivity contribution is 0.00684. The Morgan fingerprint density at radius 3 is 2.50 bits per heavy atom. The number of pyridine rings is 1. The summed E-state index contributed by atoms with van der Waals surface area (Å²) < 4.78 is 6.47. The van der Waals surface area contributed by atoms with Gasteiger partial charge in [0.25, 0.3) is 0 Å². The first-order chi connectivity index (χ1) is 11.2. The highest BCUT2D eigenvalue weighted by Gasteiger charge is 2.44. The second-order valence-corrected chi connectivity index (χ2v) is 8.67. The van der Waals surface area contributed by atoms with Gasteiger partial charge in [-0.05, 0) is 80.9 Å². The first kappa shape index (κ1) is 17.5. The highest BCUT2D eigenvalue weighted by atomic mass is 79.9. The summed E-state index contributed by atoms with van der Waals surface area (Å²) in [7, 11) is 0. The maximum Gasteiger partial charge on any atom is 0.410 e. The fourth-order valence-corrected chi connectivity index (χ4v) is 4.00. The SMILES string of the molecule is Cc1cc(NC2CC3CCC(C2)N3C(=O)OC(C)(C)C)cnc1Br. The number of halogens is 1. The topological polar surface area (TPSA) is 54.5 Å². The summed E-state index contributed by atoms with van der Waals surface area (Å²) in [5.74, 6) is 0. The third-order valence-electron chi connectivity index (χ3n) is 4.72. The molecule has 2 saturated heterocycles. The van der Waals surface area contributed by atoms with Crippen LogP contribution in [-0.4, -0.2) is 39.7 Å². The van der Waals surface area contributed by atoms with Crippen LogP contribution in [-0.2, 0) is 4.74 Å². The smallest absolute Gasteiger partial charge is 0.410 e. The Labute approximate surface area is 152 Å². The van der Waals surface area contributed by atoms with Crippen LogP contribution in [0.25, 0.3) is 0 Å². The minimum Gasteiger partial charge on any atom is -0.444 e. The van der Waals surface area contributed by atoms with Gasteiger partial charge >= 0.3 is 6.09 Å². The van der Waals surface area contributed by atoms with Crippen LogP contribution in [0.1, 0.15) is 52.0 Å². The Balaban J connectivity index is 1.64. The number of nitrogens with zero attached hydrogens (tertiary/aromatic N) is 2. The van der Waals surface area contributed by atoms with Crippen molar-refractivity contribution in [3.63, 3.8) is 0 Å². The Morgan fingerprint density at radius 1 is 1.33 bits per heavy atom. The molecule has 2 aliphatic rings. The van der Waals surface area contributed by atoms with E-state index < -0.39 is 5.60 Å². The number of rotatable bonds is 2. The number of hydrogen-bond acceptors (Lipinski definition) is 4. The molecule has 0 aromatic carbocycles. The molecule has 3 rings (SSSR count). The molecule has 0 radical (unpaired) electrons. The number of nitrogens with one attached hydrogen (secondary N) is 1. The summed E-state index contributed by atoms with van der Waals surface area (Å²) in [5, 5.41) is 3.60. The Hall–Kier alpha value is -1.30. The summed E-state index contributed by atoms with van der Waals surface area (Å²) in [6, 6.07) is 3.05. The van der Waals surface area contributed by atoms with Gasteiger partial charge in [-0.2, -0.15) is 0 Å². The fourth-order valence-electron chi connectivity index (χ4n) is 3.78. The van der Waals surface area contributed by atoms with Gasteiger partial charge in [-0.25, -0.2) is 9.78 Å². The molecule has 1 N–H and O–H groups in total. The first-order valence-electron chi connectivity index (χ1n) is 8.63. The van der Waals surface area contributed by atoms with Crippen LogP contribution < -0.4 is 5.32 Å². The summed E-state index contributed by atoms with van der Waals surface area (Å²) in [6.07, 6.45) is 5.77. The molecular weight excluding hydrogens is 370 g/mol. The number of aromatic nitrogens is 1. The van der Waals surface area contributed by atoms with Gasteiger partial charge in [-0.1, -0.05) is 0 Å². The minimum atomic E-state index is -0.438. The van der Waals surface area contributed by atoms with Gasteiger partial charge in [0.05, 0.1) is 11.9 Å². The average Bonchev–Trinajstić information content (AvgIpc) is 2.73. The Kier molecular flexibility index (Phi) is 4.78. The molecule has 5 nitrogen and oxygen atoms in total. The maximum atomic E-state index is 12.5. The fraction of sp³-hybridized carbons (Fsp3) is 0.667. The summed E-state index contributed by atoms with van der Waals surface area (Å²) >= 11 is 3.43. The van der Waals surface area contributed by atoms with Gasteiger partial charge in [0.15, 0.2) is 0 Å². The molecule has 6 heteroatoms. The van der Waals surface area contributed by atoms with Gasteiger partial charge < -0.3 is 15.0 Å². The molecule has 0 spiro atoms. The number of ether oxygens (including phenoxy) is 1. The summed E-state index contributed by atoms with van der Waals surface area (Å²) in [5.41, 5.74) is 1.73. The van der Waals surface area contributed by atoms with E-state index >= 15 is 0 Å². The third kappa shape index (κ3) is 3.85. The molecule has 2 fully saturated rings. The predicted octanol–water partition coefficient (Wildman–Crippen LogP) is 4.49. The largest absolute Gasteiger partial charge is 0.444 e. The van der Waals surface area contributed by atoms with E-state index in [1.165, 1.54) is 0 Å². The molecule has 2 bridgehead atoms. The summed E-state index contributed by atoms with van der Waals surface area (Å²) in [6.45, 7) is 7.80. The van der Waals surface area contributed by atoms with Crippen molar-refractivity contribution in [3.05, 3.63) is 22.4 Å². The molecule has 1 aromatic rings. The molecular formula is C18H26BrN3O2. The van der Waals surface area contributed by atoms with E-state index in [1.54, 1.807) is 0 Å². The van der Waals surface area contributed by atoms with Gasteiger partial charge in [0, 0.05) is 18.1 Å². The van der Waals surface area contributed by atoms with Crippen molar-refractivity contribution in [2.24, 2.45) is 0 Å². The quantitative estimate of drug-likeness (QED) is 0.749. The lowest BCUT2D eigenvalue weighted by Gasteiger charge is -2.40. The zero-order valence-corrected chi connectivity index (χ0v) is 16.4.